The van der Waals surface area contributed by atoms with Crippen LogP contribution in [0.3, 0.4) is 0 Å². The molecule has 1 amide bonds. The van der Waals surface area contributed by atoms with Gasteiger partial charge < -0.3 is 10.0 Å². The van der Waals surface area contributed by atoms with Crippen LogP contribution in [0.4, 0.5) is 4.39 Å². The van der Waals surface area contributed by atoms with Crippen molar-refractivity contribution in [1.82, 2.24) is 14.5 Å². The van der Waals surface area contributed by atoms with Gasteiger partial charge in [-0.15, -0.1) is 5.10 Å². The first-order valence-corrected chi connectivity index (χ1v) is 7.75. The van der Waals surface area contributed by atoms with Gasteiger partial charge in [0.25, 0.3) is 5.91 Å². The lowest BCUT2D eigenvalue weighted by atomic mass is 10.1. The zero-order valence-electron chi connectivity index (χ0n) is 12.4. The van der Waals surface area contributed by atoms with E-state index in [9.17, 15) is 14.3 Å². The fourth-order valence-electron chi connectivity index (χ4n) is 2.10. The lowest BCUT2D eigenvalue weighted by Gasteiger charge is -2.26. The lowest BCUT2D eigenvalue weighted by Crippen LogP contribution is -2.37. The third kappa shape index (κ3) is 4.32. The number of aromatic nitrogens is 2. The fourth-order valence-corrected chi connectivity index (χ4v) is 2.58. The van der Waals surface area contributed by atoms with E-state index in [0.717, 1.165) is 11.5 Å². The molecule has 7 heteroatoms. The van der Waals surface area contributed by atoms with Gasteiger partial charge in [0.15, 0.2) is 0 Å². The van der Waals surface area contributed by atoms with E-state index in [1.165, 1.54) is 30.5 Å². The highest BCUT2D eigenvalue weighted by molar-refractivity contribution is 7.07. The number of halogens is 1. The van der Waals surface area contributed by atoms with Gasteiger partial charge >= 0.3 is 0 Å². The Kier molecular flexibility index (Phi) is 5.57. The predicted molar refractivity (Wildman–Crippen MR) is 82.0 cm³/mol. The van der Waals surface area contributed by atoms with E-state index in [1.54, 1.807) is 4.90 Å². The highest BCUT2D eigenvalue weighted by Crippen LogP contribution is 2.18. The fraction of sp³-hybridized carbons (Fsp3) is 0.400. The van der Waals surface area contributed by atoms with E-state index in [0.29, 0.717) is 17.0 Å². The first-order chi connectivity index (χ1) is 10.5. The van der Waals surface area contributed by atoms with Crippen LogP contribution in [0.25, 0.3) is 0 Å². The van der Waals surface area contributed by atoms with Gasteiger partial charge in [-0.2, -0.15) is 0 Å². The van der Waals surface area contributed by atoms with Crippen LogP contribution in [0, 0.1) is 11.7 Å². The number of carbonyl (C=O) groups excluding carboxylic acids is 1. The second kappa shape index (κ2) is 7.42. The Balaban J connectivity index is 2.12. The maximum Gasteiger partial charge on any atom is 0.267 e. The van der Waals surface area contributed by atoms with Crippen molar-refractivity contribution in [3.8, 4) is 0 Å². The number of carbonyl (C=O) groups is 1. The van der Waals surface area contributed by atoms with Crippen LogP contribution < -0.4 is 0 Å². The quantitative estimate of drug-likeness (QED) is 0.887. The molecular formula is C15H18FN3O2S. The number of hydrogen-bond donors (Lipinski definition) is 1. The van der Waals surface area contributed by atoms with Gasteiger partial charge in [-0.25, -0.2) is 4.39 Å². The summed E-state index contributed by atoms with van der Waals surface area (Å²) in [6.07, 6.45) is 0.550. The molecular weight excluding hydrogens is 305 g/mol. The topological polar surface area (TPSA) is 66.3 Å². The Labute approximate surface area is 132 Å². The summed E-state index contributed by atoms with van der Waals surface area (Å²) < 4.78 is 16.6. The molecule has 1 atom stereocenters. The molecule has 0 aliphatic carbocycles. The van der Waals surface area contributed by atoms with Crippen LogP contribution in [-0.4, -0.2) is 38.6 Å². The molecule has 0 aliphatic heterocycles. The molecule has 0 saturated heterocycles. The van der Waals surface area contributed by atoms with E-state index in [2.05, 4.69) is 9.59 Å². The van der Waals surface area contributed by atoms with Gasteiger partial charge in [0, 0.05) is 6.54 Å². The first kappa shape index (κ1) is 16.5. The summed E-state index contributed by atoms with van der Waals surface area (Å²) in [5.41, 5.74) is 0.574. The van der Waals surface area contributed by atoms with Gasteiger partial charge in [0.1, 0.15) is 10.7 Å². The minimum atomic E-state index is -0.871. The van der Waals surface area contributed by atoms with Crippen LogP contribution in [0.2, 0.25) is 0 Å². The highest BCUT2D eigenvalue weighted by Gasteiger charge is 2.22. The summed E-state index contributed by atoms with van der Waals surface area (Å²) in [4.78, 5) is 14.5. The highest BCUT2D eigenvalue weighted by atomic mass is 32.1. The molecule has 0 spiro atoms. The molecule has 1 aromatic carbocycles. The van der Waals surface area contributed by atoms with Crippen molar-refractivity contribution in [2.45, 2.75) is 20.0 Å². The van der Waals surface area contributed by atoms with E-state index in [1.807, 2.05) is 13.8 Å². The summed E-state index contributed by atoms with van der Waals surface area (Å²) in [6, 6.07) is 5.62. The molecule has 2 aromatic rings. The maximum atomic E-state index is 12.9. The Bertz CT molecular complexity index is 602. The van der Waals surface area contributed by atoms with Crippen molar-refractivity contribution in [1.29, 1.82) is 0 Å². The smallest absolute Gasteiger partial charge is 0.267 e. The van der Waals surface area contributed by atoms with E-state index >= 15 is 0 Å². The average Bonchev–Trinajstić information content (AvgIpc) is 3.00. The average molecular weight is 323 g/mol. The minimum Gasteiger partial charge on any atom is -0.387 e. The van der Waals surface area contributed by atoms with Crippen LogP contribution >= 0.6 is 11.5 Å². The second-order valence-electron chi connectivity index (χ2n) is 5.45. The van der Waals surface area contributed by atoms with Crippen molar-refractivity contribution in [2.24, 2.45) is 5.92 Å². The molecule has 0 unspecified atom stereocenters. The molecule has 2 rings (SSSR count). The number of aliphatic hydroxyl groups excluding tert-OH is 1. The second-order valence-corrected chi connectivity index (χ2v) is 6.24. The van der Waals surface area contributed by atoms with Gasteiger partial charge in [-0.05, 0) is 35.1 Å². The summed E-state index contributed by atoms with van der Waals surface area (Å²) in [6.45, 7) is 4.64. The molecule has 1 aromatic heterocycles. The van der Waals surface area contributed by atoms with Crippen LogP contribution in [0.1, 0.15) is 35.2 Å². The number of nitrogens with zero attached hydrogens (tertiary/aromatic N) is 3. The number of rotatable bonds is 6. The Morgan fingerprint density at radius 2 is 2.00 bits per heavy atom. The van der Waals surface area contributed by atoms with Gasteiger partial charge in [0.05, 0.1) is 18.8 Å². The molecule has 1 heterocycles. The van der Waals surface area contributed by atoms with Gasteiger partial charge in [0.2, 0.25) is 0 Å². The molecule has 0 bridgehead atoms. The van der Waals surface area contributed by atoms with Crippen LogP contribution in [0.15, 0.2) is 30.5 Å². The molecule has 22 heavy (non-hydrogen) atoms. The predicted octanol–water partition coefficient (Wildman–Crippen LogP) is 2.51. The first-order valence-electron chi connectivity index (χ1n) is 6.97. The van der Waals surface area contributed by atoms with Crippen molar-refractivity contribution < 1.29 is 14.3 Å². The maximum absolute atomic E-state index is 12.9. The summed E-state index contributed by atoms with van der Waals surface area (Å²) in [7, 11) is 0. The summed E-state index contributed by atoms with van der Waals surface area (Å²) in [5, 5.41) is 14.0. The van der Waals surface area contributed by atoms with Gasteiger partial charge in [-0.1, -0.05) is 30.5 Å². The molecule has 0 radical (unpaired) electrons. The molecule has 118 valence electrons. The summed E-state index contributed by atoms with van der Waals surface area (Å²) >= 11 is 1.03. The van der Waals surface area contributed by atoms with E-state index in [4.69, 9.17) is 0 Å². The van der Waals surface area contributed by atoms with Crippen molar-refractivity contribution in [2.75, 3.05) is 13.1 Å². The monoisotopic (exact) mass is 323 g/mol. The van der Waals surface area contributed by atoms with Crippen molar-refractivity contribution >= 4 is 17.4 Å². The summed E-state index contributed by atoms with van der Waals surface area (Å²) in [5.74, 6) is -0.308. The standard InChI is InChI=1S/C15H18FN3O2S/c1-10(2)8-19(15(21)14-7-17-18-22-14)9-13(20)11-3-5-12(16)6-4-11/h3-7,10,13,20H,8-9H2,1-2H3/t13-/m0/s1. The number of hydrogen-bond acceptors (Lipinski definition) is 5. The molecule has 0 aliphatic rings. The van der Waals surface area contributed by atoms with Crippen molar-refractivity contribution in [3.63, 3.8) is 0 Å². The molecule has 5 nitrogen and oxygen atoms in total. The molecule has 1 N–H and O–H groups in total. The minimum absolute atomic E-state index is 0.139. The molecule has 0 saturated carbocycles. The number of aliphatic hydroxyl groups is 1. The third-order valence-electron chi connectivity index (χ3n) is 3.09. The SMILES string of the molecule is CC(C)CN(C[C@H](O)c1ccc(F)cc1)C(=O)c1cnns1. The number of benzene rings is 1. The Hall–Kier alpha value is -1.86. The zero-order chi connectivity index (χ0) is 16.1. The van der Waals surface area contributed by atoms with Gasteiger partial charge in [-0.3, -0.25) is 4.79 Å². The van der Waals surface area contributed by atoms with Crippen LogP contribution in [-0.2, 0) is 0 Å². The third-order valence-corrected chi connectivity index (χ3v) is 3.75. The van der Waals surface area contributed by atoms with Crippen molar-refractivity contribution in [3.05, 3.63) is 46.7 Å². The van der Waals surface area contributed by atoms with Crippen LogP contribution in [0.5, 0.6) is 0 Å². The Morgan fingerprint density at radius 1 is 1.32 bits per heavy atom. The zero-order valence-corrected chi connectivity index (χ0v) is 13.3. The largest absolute Gasteiger partial charge is 0.387 e. The number of amides is 1. The van der Waals surface area contributed by atoms with E-state index < -0.39 is 6.10 Å². The lowest BCUT2D eigenvalue weighted by molar-refractivity contribution is 0.0599. The normalized spacial score (nSPS) is 12.4. The van der Waals surface area contributed by atoms with E-state index in [-0.39, 0.29) is 24.2 Å². The Morgan fingerprint density at radius 3 is 2.55 bits per heavy atom. The molecule has 0 fully saturated rings.